The van der Waals surface area contributed by atoms with Crippen molar-refractivity contribution in [2.75, 3.05) is 13.7 Å². The van der Waals surface area contributed by atoms with Crippen LogP contribution in [0.2, 0.25) is 0 Å². The van der Waals surface area contributed by atoms with Gasteiger partial charge in [0.2, 0.25) is 0 Å². The Morgan fingerprint density at radius 3 is 2.55 bits per heavy atom. The molecule has 0 saturated heterocycles. The monoisotopic (exact) mass is 271 g/mol. The zero-order chi connectivity index (χ0) is 14.6. The summed E-state index contributed by atoms with van der Waals surface area (Å²) < 4.78 is 11.0. The normalized spacial score (nSPS) is 13.6. The van der Waals surface area contributed by atoms with Crippen LogP contribution in [0.25, 0.3) is 0 Å². The fourth-order valence-electron chi connectivity index (χ4n) is 2.30. The first kappa shape index (κ1) is 14.4. The van der Waals surface area contributed by atoms with Gasteiger partial charge < -0.3 is 15.2 Å². The number of hydrogen-bond acceptors (Lipinski definition) is 3. The molecule has 1 unspecified atom stereocenters. The summed E-state index contributed by atoms with van der Waals surface area (Å²) in [7, 11) is 1.66. The largest absolute Gasteiger partial charge is 0.496 e. The minimum absolute atomic E-state index is 0.638. The third-order valence-electron chi connectivity index (χ3n) is 3.41. The maximum absolute atomic E-state index is 6.57. The molecule has 2 aromatic rings. The van der Waals surface area contributed by atoms with Crippen molar-refractivity contribution in [3.63, 3.8) is 0 Å². The number of methoxy groups -OCH3 is 1. The third kappa shape index (κ3) is 2.78. The van der Waals surface area contributed by atoms with E-state index in [1.54, 1.807) is 7.11 Å². The average Bonchev–Trinajstić information content (AvgIpc) is 2.48. The molecular formula is C17H21NO2. The second-order valence-electron chi connectivity index (χ2n) is 4.86. The van der Waals surface area contributed by atoms with Crippen LogP contribution in [0.4, 0.5) is 0 Å². The molecule has 106 valence electrons. The molecule has 0 aliphatic heterocycles. The summed E-state index contributed by atoms with van der Waals surface area (Å²) in [6, 6.07) is 15.7. The van der Waals surface area contributed by atoms with Crippen LogP contribution in [0.3, 0.4) is 0 Å². The Balaban J connectivity index is 2.46. The van der Waals surface area contributed by atoms with Crippen molar-refractivity contribution in [3.8, 4) is 11.5 Å². The number of nitrogens with two attached hydrogens (primary N) is 1. The quantitative estimate of drug-likeness (QED) is 0.907. The summed E-state index contributed by atoms with van der Waals surface area (Å²) in [6.07, 6.45) is 0. The molecule has 0 fully saturated rings. The van der Waals surface area contributed by atoms with Crippen molar-refractivity contribution >= 4 is 0 Å². The highest BCUT2D eigenvalue weighted by Crippen LogP contribution is 2.34. The number of rotatable bonds is 5. The minimum atomic E-state index is -0.639. The summed E-state index contributed by atoms with van der Waals surface area (Å²) in [5.74, 6) is 1.62. The van der Waals surface area contributed by atoms with E-state index in [4.69, 9.17) is 15.2 Å². The van der Waals surface area contributed by atoms with Crippen LogP contribution in [-0.4, -0.2) is 13.7 Å². The van der Waals surface area contributed by atoms with Crippen LogP contribution in [0.1, 0.15) is 25.0 Å². The van der Waals surface area contributed by atoms with E-state index in [2.05, 4.69) is 0 Å². The highest BCUT2D eigenvalue weighted by Gasteiger charge is 2.27. The molecule has 0 radical (unpaired) electrons. The molecule has 0 heterocycles. The lowest BCUT2D eigenvalue weighted by Crippen LogP contribution is -2.34. The lowest BCUT2D eigenvalue weighted by Gasteiger charge is -2.28. The third-order valence-corrected chi connectivity index (χ3v) is 3.41. The van der Waals surface area contributed by atoms with Crippen molar-refractivity contribution < 1.29 is 9.47 Å². The Hall–Kier alpha value is -2.00. The average molecular weight is 271 g/mol. The van der Waals surface area contributed by atoms with Crippen molar-refractivity contribution in [2.45, 2.75) is 19.4 Å². The van der Waals surface area contributed by atoms with Crippen LogP contribution in [0.5, 0.6) is 11.5 Å². The standard InChI is InChI=1S/C17H21NO2/c1-4-20-14-9-7-8-13(12-14)17(2,18)15-10-5-6-11-16(15)19-3/h5-12H,4,18H2,1-3H3. The highest BCUT2D eigenvalue weighted by atomic mass is 16.5. The van der Waals surface area contributed by atoms with Gasteiger partial charge in [0, 0.05) is 5.56 Å². The van der Waals surface area contributed by atoms with Crippen LogP contribution in [-0.2, 0) is 5.54 Å². The van der Waals surface area contributed by atoms with Gasteiger partial charge in [-0.2, -0.15) is 0 Å². The predicted octanol–water partition coefficient (Wildman–Crippen LogP) is 3.32. The highest BCUT2D eigenvalue weighted by molar-refractivity contribution is 5.47. The fraction of sp³-hybridized carbons (Fsp3) is 0.294. The van der Waals surface area contributed by atoms with E-state index in [-0.39, 0.29) is 0 Å². The molecule has 0 spiro atoms. The Kier molecular flexibility index (Phi) is 4.30. The molecule has 3 nitrogen and oxygen atoms in total. The van der Waals surface area contributed by atoms with Gasteiger partial charge in [-0.1, -0.05) is 30.3 Å². The molecule has 3 heteroatoms. The molecule has 2 aromatic carbocycles. The maximum atomic E-state index is 6.57. The predicted molar refractivity (Wildman–Crippen MR) is 81.2 cm³/mol. The Morgan fingerprint density at radius 2 is 1.85 bits per heavy atom. The molecule has 0 aliphatic rings. The van der Waals surface area contributed by atoms with Crippen LogP contribution < -0.4 is 15.2 Å². The molecule has 0 aromatic heterocycles. The Morgan fingerprint density at radius 1 is 1.10 bits per heavy atom. The van der Waals surface area contributed by atoms with E-state index < -0.39 is 5.54 Å². The van der Waals surface area contributed by atoms with E-state index in [0.29, 0.717) is 6.61 Å². The van der Waals surface area contributed by atoms with Gasteiger partial charge in [-0.15, -0.1) is 0 Å². The van der Waals surface area contributed by atoms with Crippen LogP contribution >= 0.6 is 0 Å². The smallest absolute Gasteiger partial charge is 0.124 e. The molecular weight excluding hydrogens is 250 g/mol. The number of benzene rings is 2. The van der Waals surface area contributed by atoms with Crippen LogP contribution in [0, 0.1) is 0 Å². The van der Waals surface area contributed by atoms with E-state index in [0.717, 1.165) is 22.6 Å². The van der Waals surface area contributed by atoms with Crippen molar-refractivity contribution in [1.29, 1.82) is 0 Å². The van der Waals surface area contributed by atoms with Crippen molar-refractivity contribution in [1.82, 2.24) is 0 Å². The van der Waals surface area contributed by atoms with Gasteiger partial charge in [0.1, 0.15) is 11.5 Å². The second-order valence-corrected chi connectivity index (χ2v) is 4.86. The molecule has 20 heavy (non-hydrogen) atoms. The van der Waals surface area contributed by atoms with Gasteiger partial charge in [0.05, 0.1) is 19.3 Å². The lowest BCUT2D eigenvalue weighted by atomic mass is 9.85. The molecule has 2 rings (SSSR count). The Labute approximate surface area is 120 Å². The SMILES string of the molecule is CCOc1cccc(C(C)(N)c2ccccc2OC)c1. The number of para-hydroxylation sites is 1. The molecule has 0 aliphatic carbocycles. The summed E-state index contributed by atoms with van der Waals surface area (Å²) in [4.78, 5) is 0. The topological polar surface area (TPSA) is 44.5 Å². The van der Waals surface area contributed by atoms with Crippen molar-refractivity contribution in [2.24, 2.45) is 5.73 Å². The lowest BCUT2D eigenvalue weighted by molar-refractivity contribution is 0.339. The number of ether oxygens (including phenoxy) is 2. The summed E-state index contributed by atoms with van der Waals surface area (Å²) >= 11 is 0. The molecule has 1 atom stereocenters. The van der Waals surface area contributed by atoms with E-state index in [1.807, 2.05) is 62.4 Å². The van der Waals surface area contributed by atoms with Gasteiger partial charge in [0.15, 0.2) is 0 Å². The van der Waals surface area contributed by atoms with E-state index >= 15 is 0 Å². The molecule has 0 saturated carbocycles. The fourth-order valence-corrected chi connectivity index (χ4v) is 2.30. The van der Waals surface area contributed by atoms with E-state index in [1.165, 1.54) is 0 Å². The summed E-state index contributed by atoms with van der Waals surface area (Å²) in [6.45, 7) is 4.59. The first-order chi connectivity index (χ1) is 9.59. The van der Waals surface area contributed by atoms with Gasteiger partial charge >= 0.3 is 0 Å². The van der Waals surface area contributed by atoms with Gasteiger partial charge in [0.25, 0.3) is 0 Å². The number of hydrogen-bond donors (Lipinski definition) is 1. The summed E-state index contributed by atoms with van der Waals surface area (Å²) in [5.41, 5.74) is 7.87. The zero-order valence-corrected chi connectivity index (χ0v) is 12.2. The molecule has 2 N–H and O–H groups in total. The van der Waals surface area contributed by atoms with Crippen LogP contribution in [0.15, 0.2) is 48.5 Å². The first-order valence-corrected chi connectivity index (χ1v) is 6.75. The maximum Gasteiger partial charge on any atom is 0.124 e. The van der Waals surface area contributed by atoms with Gasteiger partial charge in [-0.3, -0.25) is 0 Å². The van der Waals surface area contributed by atoms with Gasteiger partial charge in [-0.05, 0) is 37.6 Å². The first-order valence-electron chi connectivity index (χ1n) is 6.75. The zero-order valence-electron chi connectivity index (χ0n) is 12.2. The second kappa shape index (κ2) is 5.97. The summed E-state index contributed by atoms with van der Waals surface area (Å²) in [5, 5.41) is 0. The Bertz CT molecular complexity index is 579. The minimum Gasteiger partial charge on any atom is -0.496 e. The molecule has 0 amide bonds. The molecule has 0 bridgehead atoms. The van der Waals surface area contributed by atoms with E-state index in [9.17, 15) is 0 Å². The van der Waals surface area contributed by atoms with Gasteiger partial charge in [-0.25, -0.2) is 0 Å². The van der Waals surface area contributed by atoms with Crippen molar-refractivity contribution in [3.05, 3.63) is 59.7 Å².